The fourth-order valence-corrected chi connectivity index (χ4v) is 2.56. The van der Waals surface area contributed by atoms with E-state index >= 15 is 0 Å². The maximum absolute atomic E-state index is 9.75. The highest BCUT2D eigenvalue weighted by molar-refractivity contribution is 7.09. The summed E-state index contributed by atoms with van der Waals surface area (Å²) >= 11 is 1.33. The van der Waals surface area contributed by atoms with Gasteiger partial charge >= 0.3 is 18.2 Å². The quantitative estimate of drug-likeness (QED) is 0.329. The van der Waals surface area contributed by atoms with Gasteiger partial charge in [0.05, 0.1) is 31.3 Å². The van der Waals surface area contributed by atoms with Crippen LogP contribution in [-0.2, 0) is 0 Å². The average Bonchev–Trinajstić information content (AvgIpc) is 3.10. The molecular weight excluding hydrogens is 373 g/mol. The molecule has 0 radical (unpaired) electrons. The first kappa shape index (κ1) is 19.7. The molecule has 0 aliphatic carbocycles. The molecule has 0 spiro atoms. The lowest BCUT2D eigenvalue weighted by molar-refractivity contribution is 0.368. The number of halogens is 4. The molecule has 0 aliphatic heterocycles. The van der Waals surface area contributed by atoms with Crippen molar-refractivity contribution in [2.45, 2.75) is 0 Å². The summed E-state index contributed by atoms with van der Waals surface area (Å²) in [5.74, 6) is 2.23. The molecule has 1 heterocycles. The summed E-state index contributed by atoms with van der Waals surface area (Å²) in [6.45, 7) is 0. The predicted octanol–water partition coefficient (Wildman–Crippen LogP) is 5.67. The summed E-state index contributed by atoms with van der Waals surface area (Å²) in [6, 6.07) is 15.3. The highest BCUT2D eigenvalue weighted by Crippen LogP contribution is 2.31. The van der Waals surface area contributed by atoms with Gasteiger partial charge in [-0.25, -0.2) is 0 Å². The Kier molecular flexibility index (Phi) is 6.56. The molecule has 3 rings (SSSR count). The van der Waals surface area contributed by atoms with Crippen LogP contribution in [0.25, 0.3) is 22.1 Å². The Bertz CT molecular complexity index is 755. The van der Waals surface area contributed by atoms with Crippen LogP contribution in [0.1, 0.15) is 0 Å². The highest BCUT2D eigenvalue weighted by atomic mass is 32.1. The van der Waals surface area contributed by atoms with E-state index in [1.165, 1.54) is 11.5 Å². The molecule has 0 unspecified atom stereocenters. The van der Waals surface area contributed by atoms with Gasteiger partial charge in [0.2, 0.25) is 0 Å². The summed E-state index contributed by atoms with van der Waals surface area (Å²) in [4.78, 5) is 0. The van der Waals surface area contributed by atoms with Crippen LogP contribution in [0.15, 0.2) is 52.9 Å². The van der Waals surface area contributed by atoms with Crippen molar-refractivity contribution in [3.05, 3.63) is 48.5 Å². The first-order valence-corrected chi connectivity index (χ1v) is 8.03. The Balaban J connectivity index is 0.000000431. The van der Waals surface area contributed by atoms with Gasteiger partial charge in [-0.15, -0.1) is 0 Å². The third kappa shape index (κ3) is 6.03. The van der Waals surface area contributed by atoms with Crippen molar-refractivity contribution in [1.29, 1.82) is 0 Å². The number of nitrogens with zero attached hydrogens (tertiary/aromatic N) is 1. The van der Waals surface area contributed by atoms with Gasteiger partial charge < -0.3 is 26.7 Å². The third-order valence-electron chi connectivity index (χ3n) is 3.06. The summed E-state index contributed by atoms with van der Waals surface area (Å²) in [5.41, 5.74) is 1.90. The van der Waals surface area contributed by atoms with Crippen LogP contribution in [0.2, 0.25) is 0 Å². The Morgan fingerprint density at radius 2 is 1.23 bits per heavy atom. The van der Waals surface area contributed by atoms with E-state index in [1.54, 1.807) is 14.2 Å². The maximum Gasteiger partial charge on any atom is 0.673 e. The van der Waals surface area contributed by atoms with Gasteiger partial charge in [-0.05, 0) is 48.5 Å². The van der Waals surface area contributed by atoms with Gasteiger partial charge in [0.15, 0.2) is 0 Å². The van der Waals surface area contributed by atoms with E-state index in [2.05, 4.69) is 4.37 Å². The molecule has 0 saturated heterocycles. The Hall–Kier alpha value is -2.62. The fourth-order valence-electron chi connectivity index (χ4n) is 1.89. The number of hydrogen-bond donors (Lipinski definition) is 0. The number of hydrogen-bond acceptors (Lipinski definition) is 4. The van der Waals surface area contributed by atoms with Crippen LogP contribution >= 0.6 is 11.5 Å². The molecule has 0 aliphatic rings. The van der Waals surface area contributed by atoms with E-state index in [0.717, 1.165) is 27.7 Å². The second kappa shape index (κ2) is 8.66. The van der Waals surface area contributed by atoms with Gasteiger partial charge in [-0.1, -0.05) is 4.37 Å². The Labute approximate surface area is 151 Å². The smallest absolute Gasteiger partial charge is 0.497 e. The van der Waals surface area contributed by atoms with Gasteiger partial charge in [-0.3, -0.25) is 0 Å². The van der Waals surface area contributed by atoms with Crippen molar-refractivity contribution >= 4 is 18.8 Å². The minimum Gasteiger partial charge on any atom is -0.497 e. The number of aromatic nitrogens is 1. The average molecular weight is 387 g/mol. The van der Waals surface area contributed by atoms with E-state index in [1.807, 2.05) is 48.5 Å². The molecule has 4 nitrogen and oxygen atoms in total. The van der Waals surface area contributed by atoms with Gasteiger partial charge in [0.1, 0.15) is 17.1 Å². The molecule has 1 aromatic heterocycles. The molecular formula is C16H14BF4NO3S. The van der Waals surface area contributed by atoms with Crippen molar-refractivity contribution in [2.75, 3.05) is 14.2 Å². The first-order chi connectivity index (χ1) is 12.3. The van der Waals surface area contributed by atoms with Gasteiger partial charge in [0, 0.05) is 0 Å². The summed E-state index contributed by atoms with van der Waals surface area (Å²) in [6.07, 6.45) is 0. The number of methoxy groups -OCH3 is 2. The normalized spacial score (nSPS) is 10.7. The molecule has 10 heteroatoms. The van der Waals surface area contributed by atoms with Crippen molar-refractivity contribution in [1.82, 2.24) is 4.37 Å². The molecule has 0 saturated carbocycles. The minimum absolute atomic E-state index is 0.605. The zero-order valence-electron chi connectivity index (χ0n) is 13.8. The molecule has 0 atom stereocenters. The van der Waals surface area contributed by atoms with Crippen LogP contribution in [0.4, 0.5) is 17.3 Å². The van der Waals surface area contributed by atoms with E-state index in [9.17, 15) is 17.3 Å². The second-order valence-corrected chi connectivity index (χ2v) is 5.57. The largest absolute Gasteiger partial charge is 0.673 e. The molecule has 0 amide bonds. The fraction of sp³-hybridized carbons (Fsp3) is 0.125. The van der Waals surface area contributed by atoms with E-state index < -0.39 is 7.25 Å². The van der Waals surface area contributed by atoms with Crippen LogP contribution in [0, 0.1) is 0 Å². The SMILES string of the molecule is COc1ccc(-c2nsc(-c3ccc(OC)cc3)[o+]2)cc1.F[B-](F)(F)F. The zero-order valence-corrected chi connectivity index (χ0v) is 14.6. The highest BCUT2D eigenvalue weighted by Gasteiger charge is 2.23. The van der Waals surface area contributed by atoms with E-state index in [4.69, 9.17) is 13.9 Å². The Morgan fingerprint density at radius 1 is 0.808 bits per heavy atom. The van der Waals surface area contributed by atoms with E-state index in [-0.39, 0.29) is 0 Å². The first-order valence-electron chi connectivity index (χ1n) is 7.26. The van der Waals surface area contributed by atoms with Crippen LogP contribution < -0.4 is 9.47 Å². The number of benzene rings is 2. The second-order valence-electron chi connectivity index (χ2n) is 4.83. The molecule has 2 aromatic carbocycles. The monoisotopic (exact) mass is 387 g/mol. The van der Waals surface area contributed by atoms with Crippen LogP contribution in [-0.4, -0.2) is 25.8 Å². The van der Waals surface area contributed by atoms with Gasteiger partial charge in [0.25, 0.3) is 0 Å². The van der Waals surface area contributed by atoms with Crippen molar-refractivity contribution < 1.29 is 31.2 Å². The molecule has 3 aromatic rings. The molecule has 0 fully saturated rings. The van der Waals surface area contributed by atoms with Crippen LogP contribution in [0.5, 0.6) is 11.5 Å². The molecule has 0 N–H and O–H groups in total. The minimum atomic E-state index is -6.00. The summed E-state index contributed by atoms with van der Waals surface area (Å²) in [5, 5.41) is 0.767. The van der Waals surface area contributed by atoms with Gasteiger partial charge in [-0.2, -0.15) is 4.42 Å². The summed E-state index contributed by atoms with van der Waals surface area (Å²) in [7, 11) is -2.71. The van der Waals surface area contributed by atoms with Crippen molar-refractivity contribution in [3.63, 3.8) is 0 Å². The topological polar surface area (TPSA) is 42.7 Å². The molecule has 0 bridgehead atoms. The molecule has 26 heavy (non-hydrogen) atoms. The number of ether oxygens (including phenoxy) is 2. The van der Waals surface area contributed by atoms with Crippen molar-refractivity contribution in [3.8, 4) is 33.6 Å². The predicted molar refractivity (Wildman–Crippen MR) is 92.9 cm³/mol. The zero-order chi connectivity index (χ0) is 19.2. The maximum atomic E-state index is 9.75. The lowest BCUT2D eigenvalue weighted by Gasteiger charge is -1.97. The lowest BCUT2D eigenvalue weighted by atomic mass is 10.2. The third-order valence-corrected chi connectivity index (χ3v) is 3.81. The standard InChI is InChI=1S/C16H14NO3S.BF4/c1-18-13-7-3-11(4-8-13)15-17-21-16(20-15)12-5-9-14(19-2)10-6-12;2-1(3,4)5/h3-10H,1-2H3;/q+1;-1. The summed E-state index contributed by atoms with van der Waals surface area (Å²) < 4.78 is 59.5. The molecule has 138 valence electrons. The van der Waals surface area contributed by atoms with Crippen molar-refractivity contribution in [2.24, 2.45) is 0 Å². The Morgan fingerprint density at radius 3 is 1.65 bits per heavy atom. The van der Waals surface area contributed by atoms with Crippen LogP contribution in [0.3, 0.4) is 0 Å². The van der Waals surface area contributed by atoms with E-state index in [0.29, 0.717) is 5.89 Å². The number of rotatable bonds is 4. The lowest BCUT2D eigenvalue weighted by Crippen LogP contribution is -2.02.